The van der Waals surface area contributed by atoms with Gasteiger partial charge in [-0.2, -0.15) is 0 Å². The molecule has 0 aliphatic carbocycles. The lowest BCUT2D eigenvalue weighted by Crippen LogP contribution is -2.19. The number of nitrogen functional groups attached to an aromatic ring is 1. The molecule has 0 saturated heterocycles. The largest absolute Gasteiger partial charge is 0.369 e. The van der Waals surface area contributed by atoms with E-state index in [0.717, 1.165) is 29.8 Å². The molecule has 0 amide bonds. The molecule has 0 aliphatic rings. The Hall–Kier alpha value is -1.62. The highest BCUT2D eigenvalue weighted by Gasteiger charge is 2.09. The normalized spacial score (nSPS) is 11.5. The van der Waals surface area contributed by atoms with Crippen LogP contribution in [-0.4, -0.2) is 40.1 Å². The molecule has 0 unspecified atom stereocenters. The van der Waals surface area contributed by atoms with Gasteiger partial charge in [-0.3, -0.25) is 4.57 Å². The highest BCUT2D eigenvalue weighted by atomic mass is 15.2. The number of hydrogen-bond donors (Lipinski definition) is 1. The zero-order chi connectivity index (χ0) is 11.7. The van der Waals surface area contributed by atoms with Crippen molar-refractivity contribution in [3.05, 3.63) is 17.8 Å². The predicted octanol–water partition coefficient (Wildman–Crippen LogP) is 0.884. The summed E-state index contributed by atoms with van der Waals surface area (Å²) in [5, 5.41) is 0. The molecule has 0 atom stereocenters. The average molecular weight is 219 g/mol. The number of nitrogens with two attached hydrogens (primary N) is 1. The van der Waals surface area contributed by atoms with Gasteiger partial charge in [-0.25, -0.2) is 9.97 Å². The number of hydrogen-bond acceptors (Lipinski definition) is 4. The maximum absolute atomic E-state index is 5.88. The zero-order valence-corrected chi connectivity index (χ0v) is 9.94. The van der Waals surface area contributed by atoms with Crippen LogP contribution in [0.25, 0.3) is 11.2 Å². The lowest BCUT2D eigenvalue weighted by atomic mass is 10.3. The van der Waals surface area contributed by atoms with Crippen LogP contribution in [0.15, 0.2) is 12.3 Å². The van der Waals surface area contributed by atoms with Crippen molar-refractivity contribution in [1.29, 1.82) is 0 Å². The van der Waals surface area contributed by atoms with E-state index in [9.17, 15) is 0 Å². The maximum atomic E-state index is 5.88. The highest BCUT2D eigenvalue weighted by Crippen LogP contribution is 2.16. The van der Waals surface area contributed by atoms with Gasteiger partial charge < -0.3 is 10.6 Å². The molecule has 2 aromatic rings. The Kier molecular flexibility index (Phi) is 2.78. The molecule has 2 heterocycles. The van der Waals surface area contributed by atoms with Gasteiger partial charge in [0.1, 0.15) is 5.52 Å². The fourth-order valence-electron chi connectivity index (χ4n) is 1.65. The van der Waals surface area contributed by atoms with Crippen molar-refractivity contribution < 1.29 is 0 Å². The minimum Gasteiger partial charge on any atom is -0.369 e. The van der Waals surface area contributed by atoms with Crippen molar-refractivity contribution in [1.82, 2.24) is 19.4 Å². The van der Waals surface area contributed by atoms with E-state index in [1.165, 1.54) is 0 Å². The second-order valence-electron chi connectivity index (χ2n) is 4.28. The Morgan fingerprint density at radius 2 is 2.19 bits per heavy atom. The summed E-state index contributed by atoms with van der Waals surface area (Å²) < 4.78 is 1.95. The van der Waals surface area contributed by atoms with Gasteiger partial charge in [0.25, 0.3) is 0 Å². The number of pyridine rings is 1. The summed E-state index contributed by atoms with van der Waals surface area (Å²) in [5.74, 6) is 0.537. The molecule has 0 spiro atoms. The molecular weight excluding hydrogens is 202 g/mol. The molecule has 0 radical (unpaired) electrons. The van der Waals surface area contributed by atoms with Crippen LogP contribution in [-0.2, 0) is 6.54 Å². The summed E-state index contributed by atoms with van der Waals surface area (Å²) >= 11 is 0. The zero-order valence-electron chi connectivity index (χ0n) is 9.94. The van der Waals surface area contributed by atoms with Crippen LogP contribution in [0.3, 0.4) is 0 Å². The first kappa shape index (κ1) is 10.9. The summed E-state index contributed by atoms with van der Waals surface area (Å²) in [6.07, 6.45) is 1.84. The van der Waals surface area contributed by atoms with Gasteiger partial charge in [-0.05, 0) is 32.6 Å². The smallest absolute Gasteiger partial charge is 0.202 e. The molecule has 5 nitrogen and oxygen atoms in total. The van der Waals surface area contributed by atoms with Gasteiger partial charge in [0, 0.05) is 19.3 Å². The van der Waals surface area contributed by atoms with Gasteiger partial charge in [0.2, 0.25) is 5.95 Å². The minimum absolute atomic E-state index is 0.537. The first-order valence-electron chi connectivity index (χ1n) is 5.31. The molecule has 16 heavy (non-hydrogen) atoms. The number of imidazole rings is 1. The number of likely N-dealkylation sites (N-methyl/N-ethyl adjacent to an activating group) is 1. The van der Waals surface area contributed by atoms with E-state index in [4.69, 9.17) is 5.73 Å². The molecule has 0 aromatic carbocycles. The quantitative estimate of drug-likeness (QED) is 0.832. The van der Waals surface area contributed by atoms with E-state index in [0.29, 0.717) is 5.95 Å². The average Bonchev–Trinajstić information content (AvgIpc) is 2.50. The maximum Gasteiger partial charge on any atom is 0.202 e. The summed E-state index contributed by atoms with van der Waals surface area (Å²) in [6.45, 7) is 3.73. The summed E-state index contributed by atoms with van der Waals surface area (Å²) in [7, 11) is 4.07. The van der Waals surface area contributed by atoms with Gasteiger partial charge in [-0.15, -0.1) is 0 Å². The van der Waals surface area contributed by atoms with Crippen LogP contribution in [0.1, 0.15) is 5.56 Å². The topological polar surface area (TPSA) is 60.0 Å². The van der Waals surface area contributed by atoms with Gasteiger partial charge in [-0.1, -0.05) is 0 Å². The van der Waals surface area contributed by atoms with Crippen LogP contribution in [0, 0.1) is 6.92 Å². The van der Waals surface area contributed by atoms with Crippen molar-refractivity contribution in [3.8, 4) is 0 Å². The van der Waals surface area contributed by atoms with E-state index in [1.807, 2.05) is 37.8 Å². The van der Waals surface area contributed by atoms with E-state index in [-0.39, 0.29) is 0 Å². The molecule has 0 bridgehead atoms. The van der Waals surface area contributed by atoms with Gasteiger partial charge >= 0.3 is 0 Å². The molecule has 2 rings (SSSR count). The number of rotatable bonds is 3. The van der Waals surface area contributed by atoms with Crippen LogP contribution >= 0.6 is 0 Å². The standard InChI is InChI=1S/C11H17N5/c1-8-6-9-10(13-7-8)16(11(12)14-9)5-4-15(2)3/h6-7H,4-5H2,1-3H3,(H2,12,14). The molecule has 0 fully saturated rings. The van der Waals surface area contributed by atoms with E-state index in [2.05, 4.69) is 14.9 Å². The Morgan fingerprint density at radius 3 is 2.88 bits per heavy atom. The Morgan fingerprint density at radius 1 is 1.44 bits per heavy atom. The number of aryl methyl sites for hydroxylation is 1. The van der Waals surface area contributed by atoms with Gasteiger partial charge in [0.05, 0.1) is 0 Å². The number of anilines is 1. The predicted molar refractivity (Wildman–Crippen MR) is 65.2 cm³/mol. The van der Waals surface area contributed by atoms with Crippen molar-refractivity contribution in [2.75, 3.05) is 26.4 Å². The minimum atomic E-state index is 0.537. The molecule has 86 valence electrons. The third-order valence-corrected chi connectivity index (χ3v) is 2.52. The van der Waals surface area contributed by atoms with Crippen molar-refractivity contribution in [2.45, 2.75) is 13.5 Å². The van der Waals surface area contributed by atoms with Crippen LogP contribution in [0.2, 0.25) is 0 Å². The van der Waals surface area contributed by atoms with Gasteiger partial charge in [0.15, 0.2) is 5.65 Å². The van der Waals surface area contributed by atoms with Crippen LogP contribution < -0.4 is 5.73 Å². The first-order chi connectivity index (χ1) is 7.58. The Labute approximate surface area is 94.9 Å². The molecule has 5 heteroatoms. The van der Waals surface area contributed by atoms with E-state index >= 15 is 0 Å². The molecule has 0 saturated carbocycles. The summed E-state index contributed by atoms with van der Waals surface area (Å²) in [5.41, 5.74) is 8.72. The Bertz CT molecular complexity index is 500. The molecule has 2 aromatic heterocycles. The van der Waals surface area contributed by atoms with Crippen LogP contribution in [0.4, 0.5) is 5.95 Å². The lowest BCUT2D eigenvalue weighted by Gasteiger charge is -2.11. The SMILES string of the molecule is Cc1cnc2c(c1)nc(N)n2CCN(C)C. The van der Waals surface area contributed by atoms with Crippen molar-refractivity contribution in [3.63, 3.8) is 0 Å². The third-order valence-electron chi connectivity index (χ3n) is 2.52. The number of fused-ring (bicyclic) bond motifs is 1. The highest BCUT2D eigenvalue weighted by molar-refractivity contribution is 5.74. The molecular formula is C11H17N5. The second-order valence-corrected chi connectivity index (χ2v) is 4.28. The lowest BCUT2D eigenvalue weighted by molar-refractivity contribution is 0.387. The number of aromatic nitrogens is 3. The summed E-state index contributed by atoms with van der Waals surface area (Å²) in [4.78, 5) is 10.8. The fraction of sp³-hybridized carbons (Fsp3) is 0.455. The molecule has 2 N–H and O–H groups in total. The summed E-state index contributed by atoms with van der Waals surface area (Å²) in [6, 6.07) is 2.00. The van der Waals surface area contributed by atoms with Crippen molar-refractivity contribution in [2.24, 2.45) is 0 Å². The second kappa shape index (κ2) is 4.09. The fourth-order valence-corrected chi connectivity index (χ4v) is 1.65. The third kappa shape index (κ3) is 1.99. The number of nitrogens with zero attached hydrogens (tertiary/aromatic N) is 4. The van der Waals surface area contributed by atoms with Crippen molar-refractivity contribution >= 4 is 17.1 Å². The monoisotopic (exact) mass is 219 g/mol. The Balaban J connectivity index is 2.40. The first-order valence-corrected chi connectivity index (χ1v) is 5.31. The van der Waals surface area contributed by atoms with E-state index in [1.54, 1.807) is 0 Å². The van der Waals surface area contributed by atoms with Crippen LogP contribution in [0.5, 0.6) is 0 Å². The van der Waals surface area contributed by atoms with E-state index < -0.39 is 0 Å². The molecule has 0 aliphatic heterocycles.